The molecule has 3 rings (SSSR count). The first-order valence-corrected chi connectivity index (χ1v) is 8.92. The highest BCUT2D eigenvalue weighted by Gasteiger charge is 2.28. The number of nitrogens with one attached hydrogen (secondary N) is 1. The molecule has 0 aliphatic carbocycles. The molecule has 5 nitrogen and oxygen atoms in total. The van der Waals surface area contributed by atoms with Crippen LogP contribution in [0.3, 0.4) is 0 Å². The number of piperazine rings is 1. The Morgan fingerprint density at radius 1 is 1.08 bits per heavy atom. The van der Waals surface area contributed by atoms with Crippen LogP contribution in [0.2, 0.25) is 0 Å². The molecule has 0 spiro atoms. The Labute approximate surface area is 144 Å². The normalized spacial score (nSPS) is 22.8. The topological polar surface area (TPSA) is 52.7 Å². The Morgan fingerprint density at radius 3 is 2.42 bits per heavy atom. The minimum absolute atomic E-state index is 0.156. The minimum Gasteiger partial charge on any atom is -0.356 e. The van der Waals surface area contributed by atoms with Crippen LogP contribution in [0.25, 0.3) is 0 Å². The Kier molecular flexibility index (Phi) is 5.19. The van der Waals surface area contributed by atoms with E-state index >= 15 is 0 Å². The smallest absolute Gasteiger partial charge is 0.254 e. The molecule has 0 bridgehead atoms. The van der Waals surface area contributed by atoms with Crippen LogP contribution >= 0.6 is 0 Å². The molecule has 1 aromatic carbocycles. The summed E-state index contributed by atoms with van der Waals surface area (Å²) >= 11 is 0. The third-order valence-corrected chi connectivity index (χ3v) is 5.32. The Hall–Kier alpha value is -1.88. The molecule has 0 radical (unpaired) electrons. The van der Waals surface area contributed by atoms with Crippen molar-refractivity contribution < 1.29 is 9.59 Å². The summed E-state index contributed by atoms with van der Waals surface area (Å²) in [4.78, 5) is 28.8. The van der Waals surface area contributed by atoms with Crippen LogP contribution in [0.4, 0.5) is 0 Å². The molecule has 2 fully saturated rings. The van der Waals surface area contributed by atoms with E-state index < -0.39 is 0 Å². The van der Waals surface area contributed by atoms with E-state index in [9.17, 15) is 9.59 Å². The zero-order chi connectivity index (χ0) is 17.1. The molecule has 5 heteroatoms. The predicted molar refractivity (Wildman–Crippen MR) is 94.0 cm³/mol. The van der Waals surface area contributed by atoms with Gasteiger partial charge in [0.15, 0.2) is 0 Å². The third kappa shape index (κ3) is 3.61. The molecule has 0 saturated carbocycles. The fraction of sp³-hybridized carbons (Fsp3) is 0.579. The fourth-order valence-electron chi connectivity index (χ4n) is 3.87. The second kappa shape index (κ2) is 7.34. The van der Waals surface area contributed by atoms with Crippen LogP contribution in [-0.2, 0) is 4.79 Å². The quantitative estimate of drug-likeness (QED) is 0.899. The average Bonchev–Trinajstić information content (AvgIpc) is 2.79. The van der Waals surface area contributed by atoms with Crippen molar-refractivity contribution in [1.29, 1.82) is 0 Å². The van der Waals surface area contributed by atoms with Gasteiger partial charge in [0.05, 0.1) is 0 Å². The van der Waals surface area contributed by atoms with E-state index in [1.165, 1.54) is 0 Å². The van der Waals surface area contributed by atoms with Crippen molar-refractivity contribution in [1.82, 2.24) is 15.1 Å². The predicted octanol–water partition coefficient (Wildman–Crippen LogP) is 1.73. The van der Waals surface area contributed by atoms with Gasteiger partial charge in [0, 0.05) is 50.7 Å². The summed E-state index contributed by atoms with van der Waals surface area (Å²) in [6.07, 6.45) is 2.56. The van der Waals surface area contributed by atoms with Crippen LogP contribution in [0.15, 0.2) is 18.2 Å². The summed E-state index contributed by atoms with van der Waals surface area (Å²) in [5, 5.41) is 2.94. The maximum absolute atomic E-state index is 12.9. The number of amides is 2. The van der Waals surface area contributed by atoms with E-state index in [4.69, 9.17) is 0 Å². The molecule has 130 valence electrons. The average molecular weight is 329 g/mol. The van der Waals surface area contributed by atoms with Crippen molar-refractivity contribution in [3.05, 3.63) is 34.9 Å². The first-order valence-electron chi connectivity index (χ1n) is 8.92. The molecule has 2 heterocycles. The molecule has 1 unspecified atom stereocenters. The van der Waals surface area contributed by atoms with E-state index in [1.807, 2.05) is 36.9 Å². The van der Waals surface area contributed by atoms with Gasteiger partial charge in [0.2, 0.25) is 5.91 Å². The maximum Gasteiger partial charge on any atom is 0.254 e. The van der Waals surface area contributed by atoms with Gasteiger partial charge in [0.25, 0.3) is 5.91 Å². The monoisotopic (exact) mass is 329 g/mol. The van der Waals surface area contributed by atoms with Crippen LogP contribution < -0.4 is 5.32 Å². The van der Waals surface area contributed by atoms with Gasteiger partial charge < -0.3 is 10.2 Å². The van der Waals surface area contributed by atoms with E-state index in [1.54, 1.807) is 0 Å². The van der Waals surface area contributed by atoms with Crippen LogP contribution in [0, 0.1) is 13.8 Å². The highest BCUT2D eigenvalue weighted by Crippen LogP contribution is 2.20. The number of rotatable bonds is 2. The standard InChI is InChI=1S/C19H27N3O2/c1-14-4-3-5-15(2)18(14)19(24)22-12-10-21(11-13-22)16-6-7-17(23)20-9-8-16/h3-5,16H,6-13H2,1-2H3,(H,20,23). The molecule has 2 aliphatic heterocycles. The van der Waals surface area contributed by atoms with Crippen molar-refractivity contribution in [3.63, 3.8) is 0 Å². The van der Waals surface area contributed by atoms with Crippen LogP contribution in [-0.4, -0.2) is 60.4 Å². The van der Waals surface area contributed by atoms with Crippen molar-refractivity contribution in [2.75, 3.05) is 32.7 Å². The van der Waals surface area contributed by atoms with E-state index in [2.05, 4.69) is 10.2 Å². The largest absolute Gasteiger partial charge is 0.356 e. The van der Waals surface area contributed by atoms with Crippen molar-refractivity contribution in [2.45, 2.75) is 39.2 Å². The first kappa shape index (κ1) is 17.0. The number of carbonyl (C=O) groups is 2. The van der Waals surface area contributed by atoms with Gasteiger partial charge in [-0.15, -0.1) is 0 Å². The van der Waals surface area contributed by atoms with Crippen molar-refractivity contribution in [3.8, 4) is 0 Å². The van der Waals surface area contributed by atoms with Crippen LogP contribution in [0.5, 0.6) is 0 Å². The fourth-order valence-corrected chi connectivity index (χ4v) is 3.87. The summed E-state index contributed by atoms with van der Waals surface area (Å²) in [7, 11) is 0. The Balaban J connectivity index is 1.60. The van der Waals surface area contributed by atoms with E-state index in [-0.39, 0.29) is 11.8 Å². The van der Waals surface area contributed by atoms with Gasteiger partial charge in [-0.05, 0) is 37.8 Å². The van der Waals surface area contributed by atoms with Gasteiger partial charge in [-0.2, -0.15) is 0 Å². The number of benzene rings is 1. The number of carbonyl (C=O) groups excluding carboxylic acids is 2. The lowest BCUT2D eigenvalue weighted by Crippen LogP contribution is -2.52. The van der Waals surface area contributed by atoms with Crippen molar-refractivity contribution >= 4 is 11.8 Å². The second-order valence-corrected chi connectivity index (χ2v) is 6.93. The van der Waals surface area contributed by atoms with Crippen molar-refractivity contribution in [2.24, 2.45) is 0 Å². The lowest BCUT2D eigenvalue weighted by atomic mass is 10.0. The lowest BCUT2D eigenvalue weighted by Gasteiger charge is -2.39. The molecular weight excluding hydrogens is 302 g/mol. The highest BCUT2D eigenvalue weighted by molar-refractivity contribution is 5.97. The van der Waals surface area contributed by atoms with E-state index in [0.29, 0.717) is 12.5 Å². The minimum atomic E-state index is 0.156. The number of aryl methyl sites for hydroxylation is 2. The van der Waals surface area contributed by atoms with Gasteiger partial charge in [-0.1, -0.05) is 18.2 Å². The van der Waals surface area contributed by atoms with Crippen LogP contribution in [0.1, 0.15) is 40.7 Å². The summed E-state index contributed by atoms with van der Waals surface area (Å²) in [6, 6.07) is 6.47. The molecule has 0 aromatic heterocycles. The summed E-state index contributed by atoms with van der Waals surface area (Å²) in [6.45, 7) is 8.11. The highest BCUT2D eigenvalue weighted by atomic mass is 16.2. The molecule has 24 heavy (non-hydrogen) atoms. The zero-order valence-corrected chi connectivity index (χ0v) is 14.7. The molecule has 1 aromatic rings. The molecule has 2 aliphatic rings. The molecule has 1 atom stereocenters. The van der Waals surface area contributed by atoms with Gasteiger partial charge in [-0.25, -0.2) is 0 Å². The lowest BCUT2D eigenvalue weighted by molar-refractivity contribution is -0.120. The molecule has 1 N–H and O–H groups in total. The number of hydrogen-bond donors (Lipinski definition) is 1. The van der Waals surface area contributed by atoms with E-state index in [0.717, 1.165) is 62.3 Å². The van der Waals surface area contributed by atoms with Gasteiger partial charge in [0.1, 0.15) is 0 Å². The second-order valence-electron chi connectivity index (χ2n) is 6.93. The van der Waals surface area contributed by atoms with Gasteiger partial charge >= 0.3 is 0 Å². The third-order valence-electron chi connectivity index (χ3n) is 5.32. The number of nitrogens with zero attached hydrogens (tertiary/aromatic N) is 2. The van der Waals surface area contributed by atoms with Gasteiger partial charge in [-0.3, -0.25) is 14.5 Å². The molecule has 2 saturated heterocycles. The zero-order valence-electron chi connectivity index (χ0n) is 14.7. The molecular formula is C19H27N3O2. The molecule has 2 amide bonds. The Morgan fingerprint density at radius 2 is 1.75 bits per heavy atom. The summed E-state index contributed by atoms with van der Waals surface area (Å²) in [5.41, 5.74) is 2.96. The maximum atomic E-state index is 12.9. The summed E-state index contributed by atoms with van der Waals surface area (Å²) in [5.74, 6) is 0.323. The summed E-state index contributed by atoms with van der Waals surface area (Å²) < 4.78 is 0. The SMILES string of the molecule is Cc1cccc(C)c1C(=O)N1CCN(C2CCNC(=O)CC2)CC1. The first-order chi connectivity index (χ1) is 11.6. The number of hydrogen-bond acceptors (Lipinski definition) is 3. The Bertz CT molecular complexity index is 601.